The molecule has 0 bridgehead atoms. The molecule has 5 aromatic rings. The molecule has 0 atom stereocenters. The molecule has 0 saturated carbocycles. The molecule has 0 fully saturated rings. The Morgan fingerprint density at radius 2 is 1.57 bits per heavy atom. The van der Waals surface area contributed by atoms with E-state index in [1.807, 2.05) is 54.8 Å². The van der Waals surface area contributed by atoms with Crippen molar-refractivity contribution in [3.8, 4) is 16.4 Å². The summed E-state index contributed by atoms with van der Waals surface area (Å²) in [6.07, 6.45) is 0. The summed E-state index contributed by atoms with van der Waals surface area (Å²) in [7, 11) is 0. The maximum absolute atomic E-state index is 13.0. The van der Waals surface area contributed by atoms with E-state index in [2.05, 4.69) is 20.3 Å². The van der Waals surface area contributed by atoms with E-state index in [0.29, 0.717) is 27.6 Å². The molecule has 2 heterocycles. The van der Waals surface area contributed by atoms with E-state index < -0.39 is 0 Å². The summed E-state index contributed by atoms with van der Waals surface area (Å²) in [5, 5.41) is 13.9. The van der Waals surface area contributed by atoms with Crippen molar-refractivity contribution < 1.29 is 4.79 Å². The Bertz CT molecular complexity index is 1580. The maximum atomic E-state index is 13.0. The van der Waals surface area contributed by atoms with Gasteiger partial charge in [0.05, 0.1) is 17.1 Å². The normalized spacial score (nSPS) is 11.3. The Morgan fingerprint density at radius 1 is 0.886 bits per heavy atom. The third-order valence-corrected chi connectivity index (χ3v) is 6.33. The fourth-order valence-corrected chi connectivity index (χ4v) is 4.35. The maximum Gasteiger partial charge on any atom is 0.301 e. The van der Waals surface area contributed by atoms with E-state index >= 15 is 0 Å². The number of H-pyrrole nitrogens is 1. The number of aromatic nitrogens is 3. The van der Waals surface area contributed by atoms with E-state index in [0.717, 1.165) is 11.3 Å². The van der Waals surface area contributed by atoms with Crippen molar-refractivity contribution in [2.75, 3.05) is 0 Å². The van der Waals surface area contributed by atoms with Gasteiger partial charge in [0.1, 0.15) is 0 Å². The van der Waals surface area contributed by atoms with E-state index in [1.165, 1.54) is 21.6 Å². The van der Waals surface area contributed by atoms with Gasteiger partial charge in [0.25, 0.3) is 0 Å². The van der Waals surface area contributed by atoms with Gasteiger partial charge in [-0.25, -0.2) is 4.98 Å². The number of carbonyl (C=O) groups is 1. The summed E-state index contributed by atoms with van der Waals surface area (Å²) in [6.45, 7) is 3.80. The van der Waals surface area contributed by atoms with Gasteiger partial charge in [-0.2, -0.15) is 9.80 Å². The summed E-state index contributed by atoms with van der Waals surface area (Å²) in [4.78, 5) is 30.2. The van der Waals surface area contributed by atoms with Crippen LogP contribution in [0.1, 0.15) is 27.2 Å². The molecule has 0 radical (unpaired) electrons. The predicted octanol–water partition coefficient (Wildman–Crippen LogP) is 6.55. The van der Waals surface area contributed by atoms with Gasteiger partial charge < -0.3 is 0 Å². The number of thiazole rings is 1. The largest absolute Gasteiger partial charge is 0.301 e. The molecule has 0 unspecified atom stereocenters. The minimum Gasteiger partial charge on any atom is -0.291 e. The van der Waals surface area contributed by atoms with Gasteiger partial charge in [-0.05, 0) is 38.1 Å². The van der Waals surface area contributed by atoms with Crippen LogP contribution in [0.4, 0.5) is 11.4 Å². The lowest BCUT2D eigenvalue weighted by Crippen LogP contribution is -2.13. The van der Waals surface area contributed by atoms with Crippen LogP contribution in [0.2, 0.25) is 0 Å². The minimum absolute atomic E-state index is 0.0630. The zero-order valence-electron chi connectivity index (χ0n) is 19.1. The molecule has 7 nitrogen and oxygen atoms in total. The van der Waals surface area contributed by atoms with Gasteiger partial charge in [0, 0.05) is 22.1 Å². The molecular weight excluding hydrogens is 458 g/mol. The van der Waals surface area contributed by atoms with Crippen LogP contribution in [0, 0.1) is 13.8 Å². The monoisotopic (exact) mass is 479 g/mol. The first-order chi connectivity index (χ1) is 17.0. The summed E-state index contributed by atoms with van der Waals surface area (Å²) in [6, 6.07) is 24.0. The molecule has 8 heteroatoms. The topological polar surface area (TPSA) is 92.5 Å². The number of hydrogen-bond acceptors (Lipinski definition) is 6. The Labute approximate surface area is 205 Å². The Balaban J connectivity index is 1.36. The second kappa shape index (κ2) is 9.44. The average Bonchev–Trinajstić information content (AvgIpc) is 3.48. The fraction of sp³-hybridized carbons (Fsp3) is 0.0741. The number of carbonyl (C=O) groups excluding carboxylic acids is 1. The van der Waals surface area contributed by atoms with Gasteiger partial charge in [-0.3, -0.25) is 14.7 Å². The number of nitrogens with zero attached hydrogens (tertiary/aromatic N) is 4. The molecule has 0 spiro atoms. The fourth-order valence-electron chi connectivity index (χ4n) is 3.56. The van der Waals surface area contributed by atoms with Gasteiger partial charge in [-0.1, -0.05) is 60.2 Å². The van der Waals surface area contributed by atoms with E-state index in [4.69, 9.17) is 0 Å². The van der Waals surface area contributed by atoms with Crippen LogP contribution in [-0.4, -0.2) is 20.5 Å². The van der Waals surface area contributed by atoms with E-state index in [-0.39, 0.29) is 17.0 Å². The summed E-state index contributed by atoms with van der Waals surface area (Å²) in [5.74, 6) is -0.0630. The quantitative estimate of drug-likeness (QED) is 0.221. The summed E-state index contributed by atoms with van der Waals surface area (Å²) < 4.78 is 1.38. The molecular formula is C27H21N5O2S. The molecule has 172 valence electrons. The Morgan fingerprint density at radius 3 is 2.29 bits per heavy atom. The van der Waals surface area contributed by atoms with Crippen molar-refractivity contribution in [1.29, 1.82) is 0 Å². The highest BCUT2D eigenvalue weighted by molar-refractivity contribution is 7.12. The number of rotatable bonds is 6. The van der Waals surface area contributed by atoms with Crippen molar-refractivity contribution in [2.45, 2.75) is 13.8 Å². The van der Waals surface area contributed by atoms with Crippen LogP contribution in [0.15, 0.2) is 99.3 Å². The molecule has 5 rings (SSSR count). The molecule has 3 aromatic carbocycles. The van der Waals surface area contributed by atoms with E-state index in [1.54, 1.807) is 43.3 Å². The minimum atomic E-state index is -0.327. The average molecular weight is 480 g/mol. The number of aryl methyl sites for hydroxylation is 2. The van der Waals surface area contributed by atoms with Crippen LogP contribution in [0.25, 0.3) is 16.4 Å². The van der Waals surface area contributed by atoms with Crippen molar-refractivity contribution in [2.24, 2.45) is 10.2 Å². The molecule has 35 heavy (non-hydrogen) atoms. The van der Waals surface area contributed by atoms with Crippen molar-refractivity contribution >= 4 is 28.5 Å². The predicted molar refractivity (Wildman–Crippen MR) is 137 cm³/mol. The standard InChI is InChI=1S/C27H21N5O2S/c1-17-8-10-19(11-9-17)23-16-35-27(28-23)32-26(34)24(18(2)31-32)30-29-22-14-12-21(13-15-22)25(33)20-6-4-3-5-7-20/h3-16,31H,1-2H3. The van der Waals surface area contributed by atoms with Crippen molar-refractivity contribution in [3.05, 3.63) is 117 Å². The van der Waals surface area contributed by atoms with Crippen molar-refractivity contribution in [1.82, 2.24) is 14.8 Å². The molecule has 0 aliphatic rings. The van der Waals surface area contributed by atoms with Crippen LogP contribution >= 0.6 is 11.3 Å². The molecule has 0 aliphatic heterocycles. The second-order valence-electron chi connectivity index (χ2n) is 8.05. The second-order valence-corrected chi connectivity index (χ2v) is 8.89. The first kappa shape index (κ1) is 22.4. The summed E-state index contributed by atoms with van der Waals surface area (Å²) >= 11 is 1.37. The lowest BCUT2D eigenvalue weighted by molar-refractivity contribution is 0.103. The number of azo groups is 1. The summed E-state index contributed by atoms with van der Waals surface area (Å²) in [5.41, 5.74) is 5.16. The van der Waals surface area contributed by atoms with Gasteiger partial charge in [0.2, 0.25) is 5.13 Å². The highest BCUT2D eigenvalue weighted by Crippen LogP contribution is 2.25. The Hall–Kier alpha value is -4.43. The first-order valence-corrected chi connectivity index (χ1v) is 11.8. The van der Waals surface area contributed by atoms with Gasteiger partial charge in [-0.15, -0.1) is 16.5 Å². The molecule has 2 aromatic heterocycles. The zero-order chi connectivity index (χ0) is 24.4. The van der Waals surface area contributed by atoms with E-state index in [9.17, 15) is 9.59 Å². The van der Waals surface area contributed by atoms with Gasteiger partial charge in [0.15, 0.2) is 11.5 Å². The molecule has 0 amide bonds. The highest BCUT2D eigenvalue weighted by Gasteiger charge is 2.15. The van der Waals surface area contributed by atoms with Crippen LogP contribution in [0.3, 0.4) is 0 Å². The number of ketones is 1. The van der Waals surface area contributed by atoms with Crippen LogP contribution in [-0.2, 0) is 0 Å². The zero-order valence-corrected chi connectivity index (χ0v) is 19.9. The number of benzene rings is 3. The number of aromatic amines is 1. The smallest absolute Gasteiger partial charge is 0.291 e. The highest BCUT2D eigenvalue weighted by atomic mass is 32.1. The lowest BCUT2D eigenvalue weighted by Gasteiger charge is -2.01. The molecule has 0 saturated heterocycles. The Kier molecular flexibility index (Phi) is 6.03. The SMILES string of the molecule is Cc1ccc(-c2csc(-n3[nH]c(C)c(N=Nc4ccc(C(=O)c5ccccc5)cc4)c3=O)n2)cc1. The van der Waals surface area contributed by atoms with Crippen LogP contribution in [0.5, 0.6) is 0 Å². The number of hydrogen-bond donors (Lipinski definition) is 1. The molecule has 0 aliphatic carbocycles. The first-order valence-electron chi connectivity index (χ1n) is 11.0. The molecule has 1 N–H and O–H groups in total. The van der Waals surface area contributed by atoms with Crippen molar-refractivity contribution in [3.63, 3.8) is 0 Å². The van der Waals surface area contributed by atoms with Crippen LogP contribution < -0.4 is 5.56 Å². The van der Waals surface area contributed by atoms with Gasteiger partial charge >= 0.3 is 5.56 Å². The lowest BCUT2D eigenvalue weighted by atomic mass is 10.0. The third kappa shape index (κ3) is 4.64. The number of nitrogens with one attached hydrogen (secondary N) is 1. The third-order valence-electron chi connectivity index (χ3n) is 5.50.